The summed E-state index contributed by atoms with van der Waals surface area (Å²) < 4.78 is 51.2. The number of amides is 4. The van der Waals surface area contributed by atoms with Gasteiger partial charge in [-0.3, -0.25) is 48.8 Å². The number of hydroxylamine groups is 4. The summed E-state index contributed by atoms with van der Waals surface area (Å²) in [5.74, 6) is 8.41. The molecule has 0 spiro atoms. The minimum absolute atomic E-state index is 0.0916. The van der Waals surface area contributed by atoms with Crippen molar-refractivity contribution in [3.63, 3.8) is 0 Å². The number of nitriles is 2. The van der Waals surface area contributed by atoms with Crippen LogP contribution in [0.1, 0.15) is 108 Å². The average Bonchev–Trinajstić information content (AvgIpc) is 1.63. The van der Waals surface area contributed by atoms with Gasteiger partial charge in [-0.2, -0.15) is 10.5 Å². The number of pyridine rings is 7. The lowest BCUT2D eigenvalue weighted by molar-refractivity contribution is -0.101. The van der Waals surface area contributed by atoms with Gasteiger partial charge < -0.3 is 52.2 Å². The number of rotatable bonds is 21. The van der Waals surface area contributed by atoms with Crippen LogP contribution in [0.15, 0.2) is 139 Å². The molecule has 3 N–H and O–H groups in total. The fourth-order valence-corrected chi connectivity index (χ4v) is 9.77. The Kier molecular flexibility index (Phi) is 34.0. The summed E-state index contributed by atoms with van der Waals surface area (Å²) in [7, 11) is 15.6. The van der Waals surface area contributed by atoms with Crippen molar-refractivity contribution < 1.29 is 91.1 Å². The van der Waals surface area contributed by atoms with E-state index in [1.807, 2.05) is 19.9 Å². The topological polar surface area (TPSA) is 408 Å². The van der Waals surface area contributed by atoms with Crippen molar-refractivity contribution in [3.05, 3.63) is 218 Å². The Hall–Kier alpha value is -12.8. The molecule has 4 amide bonds. The van der Waals surface area contributed by atoms with Crippen LogP contribution in [0.25, 0.3) is 0 Å². The van der Waals surface area contributed by atoms with Gasteiger partial charge in [0.1, 0.15) is 47.7 Å². The summed E-state index contributed by atoms with van der Waals surface area (Å²) in [4.78, 5) is 100. The van der Waals surface area contributed by atoms with E-state index < -0.39 is 23.6 Å². The van der Waals surface area contributed by atoms with Crippen molar-refractivity contribution in [2.24, 2.45) is 11.1 Å². The van der Waals surface area contributed by atoms with Crippen LogP contribution in [0.5, 0.6) is 58.1 Å². The van der Waals surface area contributed by atoms with E-state index in [1.54, 1.807) is 159 Å². The third-order valence-electron chi connectivity index (χ3n) is 14.1. The van der Waals surface area contributed by atoms with Crippen LogP contribution in [-0.4, -0.2) is 157 Å². The number of halogens is 1. The number of carbonyl (C=O) groups is 5. The molecule has 9 aromatic rings. The van der Waals surface area contributed by atoms with Crippen LogP contribution in [0.3, 0.4) is 0 Å². The van der Waals surface area contributed by atoms with E-state index in [1.165, 1.54) is 59.0 Å². The number of nitrogens with zero attached hydrogens (tertiary/aromatic N) is 12. The first-order valence-corrected chi connectivity index (χ1v) is 31.7. The molecule has 0 saturated heterocycles. The third kappa shape index (κ3) is 22.9. The van der Waals surface area contributed by atoms with Gasteiger partial charge in [0, 0.05) is 47.7 Å². The Morgan fingerprint density at radius 1 is 0.476 bits per heavy atom. The number of fused-ring (bicyclic) bond motifs is 2. The molecule has 0 unspecified atom stereocenters. The van der Waals surface area contributed by atoms with Gasteiger partial charge in [-0.15, -0.1) is 10.1 Å². The van der Waals surface area contributed by atoms with Gasteiger partial charge in [0.25, 0.3) is 23.6 Å². The molecule has 32 nitrogen and oxygen atoms in total. The lowest BCUT2D eigenvalue weighted by Gasteiger charge is -2.16. The number of hydrogen-bond donors (Lipinski definition) is 2. The first kappa shape index (κ1) is 82.9. The Morgan fingerprint density at radius 3 is 1.21 bits per heavy atom. The van der Waals surface area contributed by atoms with E-state index in [4.69, 9.17) is 78.7 Å². The molecule has 0 bridgehead atoms. The molecule has 2 aliphatic heterocycles. The fourth-order valence-electron chi connectivity index (χ4n) is 9.25. The van der Waals surface area contributed by atoms with E-state index in [9.17, 15) is 24.0 Å². The molecule has 9 heterocycles. The van der Waals surface area contributed by atoms with Gasteiger partial charge in [-0.05, 0) is 99.6 Å². The summed E-state index contributed by atoms with van der Waals surface area (Å²) in [5, 5.41) is 31.8. The molecule has 33 heteroatoms. The number of oxime groups is 1. The van der Waals surface area contributed by atoms with Gasteiger partial charge in [0.15, 0.2) is 12.9 Å². The van der Waals surface area contributed by atoms with E-state index in [-0.39, 0.29) is 36.0 Å². The van der Waals surface area contributed by atoms with Crippen LogP contribution < -0.4 is 53.3 Å². The van der Waals surface area contributed by atoms with Gasteiger partial charge in [-0.25, -0.2) is 30.8 Å². The summed E-state index contributed by atoms with van der Waals surface area (Å²) in [6.07, 6.45) is 10.1. The van der Waals surface area contributed by atoms with Crippen molar-refractivity contribution in [2.75, 3.05) is 71.1 Å². The second kappa shape index (κ2) is 43.1. The van der Waals surface area contributed by atoms with Gasteiger partial charge in [-0.1, -0.05) is 45.4 Å². The predicted octanol–water partition coefficient (Wildman–Crippen LogP) is 9.69. The number of methoxy groups -OCH3 is 10. The second-order valence-electron chi connectivity index (χ2n) is 20.5. The standard InChI is InChI=1S/C16H16N4O3.C16H14N2O5.C8H10BrNO2.C8H12N2O3.C8H6N2O.C8H5NO3.C8H11NO2/c1-11-6-12(8-17)7-13(20-11)9-19-23-10-14-15(21-2)4-5-18-16(14)22-3;1-21-13-7-8-17-14(22-2)12(13)9-23-18-15(19)10-5-3-4-6-11(10)16(18)20;1-11-7-3-4-10-8(12-2)6(7)5-9;1-11-7-3-4-10-8(12-2)6(7)5-13-9;1-6-2-7(4-9)3-8(5-11)10-6;10-7-5-3-1-2-4-6(5)8(11)9(7)12;1-6-7(10-2)4-5-9-8(6)11-3/h4-7,9H,10H2,1-3H3;3-8H,9H2,1-2H3;3-4H,5H2,1-2H3;3-4H,5,9H2,1-2H3;2-3,5H,1H3;1-4,12H;4-5H,1-3H3/b19-9+;;;;;;. The molecule has 0 atom stereocenters. The molecule has 0 saturated carbocycles. The van der Waals surface area contributed by atoms with Crippen molar-refractivity contribution in [3.8, 4) is 70.3 Å². The number of aryl methyl sites for hydroxylation is 2. The molecule has 0 fully saturated rings. The fraction of sp³-hybridized carbons (Fsp3) is 0.236. The molecule has 11 rings (SSSR count). The highest BCUT2D eigenvalue weighted by Crippen LogP contribution is 2.32. The summed E-state index contributed by atoms with van der Waals surface area (Å²) in [6, 6.07) is 32.0. The maximum atomic E-state index is 12.2. The number of hydrogen-bond acceptors (Lipinski definition) is 30. The van der Waals surface area contributed by atoms with Crippen LogP contribution in [0.4, 0.5) is 0 Å². The molecule has 105 heavy (non-hydrogen) atoms. The number of alkyl halides is 1. The SMILES string of the molecule is COc1ccnc(OC)c1C.COc1ccnc(OC)c1CBr.COc1ccnc(OC)c1CO/N=C/c1cc(C#N)cc(C)n1.COc1ccnc(OC)c1CON.COc1ccnc(OC)c1CON1C(=O)c2ccccc2C1=O.Cc1cc(C#N)cc(C=O)n1.O=C1c2ccccc2C(=O)N1O. The zero-order valence-electron chi connectivity index (χ0n) is 59.3. The molecular formula is C72H74BrN13O19. The molecule has 548 valence electrons. The molecule has 2 aromatic carbocycles. The Balaban J connectivity index is 0.000000226. The number of benzene rings is 2. The maximum Gasteiger partial charge on any atom is 0.285 e. The van der Waals surface area contributed by atoms with Gasteiger partial charge in [0.2, 0.25) is 29.4 Å². The maximum absolute atomic E-state index is 12.2. The number of nitrogens with two attached hydrogens (primary N) is 1. The van der Waals surface area contributed by atoms with Crippen LogP contribution in [-0.2, 0) is 39.7 Å². The van der Waals surface area contributed by atoms with Gasteiger partial charge in [0.05, 0.1) is 156 Å². The number of carbonyl (C=O) groups excluding carboxylic acids is 5. The molecular weight excluding hydrogens is 1430 g/mol. The van der Waals surface area contributed by atoms with Crippen LogP contribution in [0.2, 0.25) is 0 Å². The van der Waals surface area contributed by atoms with Gasteiger partial charge >= 0.3 is 0 Å². The quantitative estimate of drug-likeness (QED) is 0.0169. The first-order chi connectivity index (χ1) is 50.8. The number of imide groups is 2. The van der Waals surface area contributed by atoms with Crippen molar-refractivity contribution >= 4 is 52.1 Å². The van der Waals surface area contributed by atoms with Crippen LogP contribution in [0, 0.1) is 43.4 Å². The zero-order chi connectivity index (χ0) is 77.0. The van der Waals surface area contributed by atoms with Crippen molar-refractivity contribution in [1.82, 2.24) is 45.0 Å². The first-order valence-electron chi connectivity index (χ1n) is 30.6. The largest absolute Gasteiger partial charge is 0.496 e. The zero-order valence-corrected chi connectivity index (χ0v) is 60.9. The summed E-state index contributed by atoms with van der Waals surface area (Å²) in [6.45, 7) is 5.71. The predicted molar refractivity (Wildman–Crippen MR) is 379 cm³/mol. The Bertz CT molecular complexity index is 4380. The summed E-state index contributed by atoms with van der Waals surface area (Å²) in [5.41, 5.74) is 8.16. The second-order valence-corrected chi connectivity index (χ2v) is 21.0. The normalized spacial score (nSPS) is 11.1. The highest BCUT2D eigenvalue weighted by molar-refractivity contribution is 9.08. The summed E-state index contributed by atoms with van der Waals surface area (Å²) >= 11 is 3.34. The van der Waals surface area contributed by atoms with E-state index in [0.29, 0.717) is 114 Å². The lowest BCUT2D eigenvalue weighted by atomic mass is 10.1. The Labute approximate surface area is 612 Å². The molecule has 7 aromatic heterocycles. The highest BCUT2D eigenvalue weighted by Gasteiger charge is 2.37. The van der Waals surface area contributed by atoms with Crippen molar-refractivity contribution in [1.29, 1.82) is 10.5 Å². The highest BCUT2D eigenvalue weighted by atomic mass is 79.9. The average molecular weight is 1510 g/mol. The number of aromatic nitrogens is 7. The molecule has 2 aliphatic rings. The lowest BCUT2D eigenvalue weighted by Crippen LogP contribution is -2.29. The monoisotopic (exact) mass is 1500 g/mol. The smallest absolute Gasteiger partial charge is 0.285 e. The van der Waals surface area contributed by atoms with Crippen LogP contribution >= 0.6 is 15.9 Å². The third-order valence-corrected chi connectivity index (χ3v) is 14.7. The number of ether oxygens (including phenoxy) is 10. The van der Waals surface area contributed by atoms with E-state index in [2.05, 4.69) is 66.9 Å². The van der Waals surface area contributed by atoms with Crippen molar-refractivity contribution in [2.45, 2.75) is 45.9 Å². The van der Waals surface area contributed by atoms with E-state index >= 15 is 0 Å². The molecule has 0 radical (unpaired) electrons. The van der Waals surface area contributed by atoms with E-state index in [0.717, 1.165) is 33.4 Å². The minimum Gasteiger partial charge on any atom is -0.496 e. The Morgan fingerprint density at radius 2 is 0.829 bits per heavy atom. The number of aldehydes is 1. The minimum atomic E-state index is -0.657. The molecule has 0 aliphatic carbocycles.